The van der Waals surface area contributed by atoms with Crippen LogP contribution in [0.3, 0.4) is 0 Å². The lowest BCUT2D eigenvalue weighted by molar-refractivity contribution is 0.123. The molecule has 0 heterocycles. The summed E-state index contributed by atoms with van der Waals surface area (Å²) in [5.74, 6) is 0.783. The van der Waals surface area contributed by atoms with Gasteiger partial charge in [-0.1, -0.05) is 46.5 Å². The smallest absolute Gasteiger partial charge is 0.0667 e. The molecule has 0 radical (unpaired) electrons. The maximum Gasteiger partial charge on any atom is 0.0667 e. The Morgan fingerprint density at radius 3 is 2.12 bits per heavy atom. The molecule has 1 saturated carbocycles. The third kappa shape index (κ3) is 4.59. The van der Waals surface area contributed by atoms with Crippen LogP contribution in [0, 0.1) is 5.92 Å². The molecule has 2 heteroatoms. The number of β-amino-alcohol motifs (C(OH)–C–C–N with tert-alkyl or cyclic N) is 1. The van der Waals surface area contributed by atoms with Crippen LogP contribution in [0.25, 0.3) is 0 Å². The van der Waals surface area contributed by atoms with Crippen molar-refractivity contribution in [2.24, 2.45) is 5.92 Å². The van der Waals surface area contributed by atoms with Crippen LogP contribution in [0.1, 0.15) is 72.1 Å². The molecule has 1 aliphatic rings. The van der Waals surface area contributed by atoms with Crippen molar-refractivity contribution >= 4 is 0 Å². The van der Waals surface area contributed by atoms with Gasteiger partial charge in [0.2, 0.25) is 0 Å². The van der Waals surface area contributed by atoms with Crippen LogP contribution in [0.5, 0.6) is 0 Å². The van der Waals surface area contributed by atoms with Gasteiger partial charge in [0, 0.05) is 12.1 Å². The zero-order chi connectivity index (χ0) is 12.7. The molecular formula is C15H31NO. The number of rotatable bonds is 8. The van der Waals surface area contributed by atoms with Crippen molar-refractivity contribution in [1.82, 2.24) is 5.32 Å². The van der Waals surface area contributed by atoms with E-state index in [0.29, 0.717) is 0 Å². The average Bonchev–Trinajstić information content (AvgIpc) is 2.84. The largest absolute Gasteiger partial charge is 0.392 e. The number of hydrogen-bond acceptors (Lipinski definition) is 2. The lowest BCUT2D eigenvalue weighted by Gasteiger charge is -2.33. The summed E-state index contributed by atoms with van der Waals surface area (Å²) in [5.41, 5.74) is 0.247. The van der Waals surface area contributed by atoms with Crippen LogP contribution in [0.4, 0.5) is 0 Å². The molecule has 0 aliphatic heterocycles. The highest BCUT2D eigenvalue weighted by Crippen LogP contribution is 2.28. The Kier molecular flexibility index (Phi) is 6.50. The Labute approximate surface area is 107 Å². The first kappa shape index (κ1) is 15.0. The van der Waals surface area contributed by atoms with Crippen molar-refractivity contribution < 1.29 is 5.11 Å². The zero-order valence-corrected chi connectivity index (χ0v) is 12.0. The molecule has 0 saturated heterocycles. The van der Waals surface area contributed by atoms with Crippen LogP contribution >= 0.6 is 0 Å². The van der Waals surface area contributed by atoms with Crippen LogP contribution in [0.15, 0.2) is 0 Å². The van der Waals surface area contributed by atoms with Gasteiger partial charge < -0.3 is 10.4 Å². The fraction of sp³-hybridized carbons (Fsp3) is 1.00. The Hall–Kier alpha value is -0.0800. The van der Waals surface area contributed by atoms with Gasteiger partial charge in [0.15, 0.2) is 0 Å². The zero-order valence-electron chi connectivity index (χ0n) is 12.0. The highest BCUT2D eigenvalue weighted by atomic mass is 16.3. The lowest BCUT2D eigenvalue weighted by atomic mass is 9.89. The second-order valence-electron chi connectivity index (χ2n) is 5.76. The highest BCUT2D eigenvalue weighted by molar-refractivity contribution is 4.85. The Bertz CT molecular complexity index is 187. The third-order valence-corrected chi connectivity index (χ3v) is 4.82. The van der Waals surface area contributed by atoms with Crippen molar-refractivity contribution in [2.75, 3.05) is 6.54 Å². The van der Waals surface area contributed by atoms with E-state index in [1.54, 1.807) is 0 Å². The van der Waals surface area contributed by atoms with E-state index in [0.717, 1.165) is 38.1 Å². The molecule has 1 rings (SSSR count). The predicted molar refractivity (Wildman–Crippen MR) is 74.2 cm³/mol. The first-order chi connectivity index (χ1) is 8.15. The van der Waals surface area contributed by atoms with Gasteiger partial charge in [-0.05, 0) is 31.6 Å². The molecule has 1 fully saturated rings. The SMILES string of the molecule is CCC(CC)(CC)NCC(O)CC1CCCC1. The van der Waals surface area contributed by atoms with E-state index in [2.05, 4.69) is 26.1 Å². The van der Waals surface area contributed by atoms with Gasteiger partial charge in [-0.2, -0.15) is 0 Å². The van der Waals surface area contributed by atoms with E-state index in [9.17, 15) is 5.11 Å². The van der Waals surface area contributed by atoms with Gasteiger partial charge in [0.05, 0.1) is 6.10 Å². The van der Waals surface area contributed by atoms with Gasteiger partial charge in [-0.25, -0.2) is 0 Å². The summed E-state index contributed by atoms with van der Waals surface area (Å²) in [6.07, 6.45) is 9.70. The first-order valence-electron chi connectivity index (χ1n) is 7.58. The van der Waals surface area contributed by atoms with E-state index < -0.39 is 0 Å². The summed E-state index contributed by atoms with van der Waals surface area (Å²) in [6, 6.07) is 0. The summed E-state index contributed by atoms with van der Waals surface area (Å²) < 4.78 is 0. The monoisotopic (exact) mass is 241 g/mol. The number of aliphatic hydroxyl groups is 1. The minimum absolute atomic E-state index is 0.151. The van der Waals surface area contributed by atoms with Crippen LogP contribution < -0.4 is 5.32 Å². The molecular weight excluding hydrogens is 210 g/mol. The number of aliphatic hydroxyl groups excluding tert-OH is 1. The molecule has 0 amide bonds. The predicted octanol–water partition coefficient (Wildman–Crippen LogP) is 3.49. The van der Waals surface area contributed by atoms with Crippen molar-refractivity contribution in [3.63, 3.8) is 0 Å². The number of hydrogen-bond donors (Lipinski definition) is 2. The Balaban J connectivity index is 2.27. The maximum atomic E-state index is 10.1. The van der Waals surface area contributed by atoms with Gasteiger partial charge in [-0.3, -0.25) is 0 Å². The van der Waals surface area contributed by atoms with Gasteiger partial charge in [0.1, 0.15) is 0 Å². The molecule has 1 atom stereocenters. The third-order valence-electron chi connectivity index (χ3n) is 4.82. The molecule has 0 aromatic heterocycles. The van der Waals surface area contributed by atoms with E-state index in [1.165, 1.54) is 25.7 Å². The lowest BCUT2D eigenvalue weighted by Crippen LogP contribution is -2.47. The highest BCUT2D eigenvalue weighted by Gasteiger charge is 2.25. The van der Waals surface area contributed by atoms with E-state index in [-0.39, 0.29) is 11.6 Å². The van der Waals surface area contributed by atoms with Crippen LogP contribution in [-0.4, -0.2) is 23.3 Å². The Morgan fingerprint density at radius 1 is 1.12 bits per heavy atom. The second kappa shape index (κ2) is 7.38. The van der Waals surface area contributed by atoms with Crippen LogP contribution in [-0.2, 0) is 0 Å². The fourth-order valence-electron chi connectivity index (χ4n) is 3.17. The van der Waals surface area contributed by atoms with Crippen LogP contribution in [0.2, 0.25) is 0 Å². The summed E-state index contributed by atoms with van der Waals surface area (Å²) >= 11 is 0. The summed E-state index contributed by atoms with van der Waals surface area (Å²) in [7, 11) is 0. The quantitative estimate of drug-likeness (QED) is 0.682. The van der Waals surface area contributed by atoms with Gasteiger partial charge >= 0.3 is 0 Å². The van der Waals surface area contributed by atoms with Crippen molar-refractivity contribution in [2.45, 2.75) is 83.8 Å². The molecule has 102 valence electrons. The summed E-state index contributed by atoms with van der Waals surface area (Å²) in [6.45, 7) is 7.49. The fourth-order valence-corrected chi connectivity index (χ4v) is 3.17. The molecule has 2 nitrogen and oxygen atoms in total. The molecule has 0 aromatic carbocycles. The van der Waals surface area contributed by atoms with E-state index in [4.69, 9.17) is 0 Å². The normalized spacial score (nSPS) is 19.8. The topological polar surface area (TPSA) is 32.3 Å². The first-order valence-corrected chi connectivity index (χ1v) is 7.58. The van der Waals surface area contributed by atoms with Crippen molar-refractivity contribution in [3.05, 3.63) is 0 Å². The second-order valence-corrected chi connectivity index (χ2v) is 5.76. The Morgan fingerprint density at radius 2 is 1.65 bits per heavy atom. The van der Waals surface area contributed by atoms with Crippen molar-refractivity contribution in [3.8, 4) is 0 Å². The maximum absolute atomic E-state index is 10.1. The van der Waals surface area contributed by atoms with Gasteiger partial charge in [0.25, 0.3) is 0 Å². The van der Waals surface area contributed by atoms with E-state index in [1.807, 2.05) is 0 Å². The number of nitrogens with one attached hydrogen (secondary N) is 1. The summed E-state index contributed by atoms with van der Waals surface area (Å²) in [4.78, 5) is 0. The van der Waals surface area contributed by atoms with E-state index >= 15 is 0 Å². The van der Waals surface area contributed by atoms with Gasteiger partial charge in [-0.15, -0.1) is 0 Å². The molecule has 2 N–H and O–H groups in total. The molecule has 0 spiro atoms. The minimum atomic E-state index is -0.151. The van der Waals surface area contributed by atoms with Crippen molar-refractivity contribution in [1.29, 1.82) is 0 Å². The minimum Gasteiger partial charge on any atom is -0.392 e. The molecule has 0 aromatic rings. The molecule has 0 bridgehead atoms. The average molecular weight is 241 g/mol. The standard InChI is InChI=1S/C15H31NO/c1-4-15(5-2,6-3)16-12-14(17)11-13-9-7-8-10-13/h13-14,16-17H,4-12H2,1-3H3. The molecule has 1 unspecified atom stereocenters. The molecule has 17 heavy (non-hydrogen) atoms. The molecule has 1 aliphatic carbocycles. The summed E-state index contributed by atoms with van der Waals surface area (Å²) in [5, 5.41) is 13.7.